The Bertz CT molecular complexity index is 1480. The third kappa shape index (κ3) is 6.35. The van der Waals surface area contributed by atoms with E-state index in [4.69, 9.17) is 5.73 Å². The van der Waals surface area contributed by atoms with E-state index in [0.29, 0.717) is 25.7 Å². The van der Waals surface area contributed by atoms with Gasteiger partial charge in [-0.2, -0.15) is 0 Å². The number of hydrogen-bond donors (Lipinski definition) is 3. The minimum absolute atomic E-state index is 0.0459. The van der Waals surface area contributed by atoms with Crippen molar-refractivity contribution in [2.45, 2.75) is 70.0 Å². The zero-order valence-corrected chi connectivity index (χ0v) is 24.7. The van der Waals surface area contributed by atoms with Gasteiger partial charge in [0.1, 0.15) is 5.41 Å². The van der Waals surface area contributed by atoms with Crippen LogP contribution in [0.15, 0.2) is 84.9 Å². The molecular formula is C36H42N2O4. The van der Waals surface area contributed by atoms with E-state index in [1.165, 1.54) is 4.90 Å². The quantitative estimate of drug-likeness (QED) is 0.219. The lowest BCUT2D eigenvalue weighted by molar-refractivity contribution is -0.157. The third-order valence-electron chi connectivity index (χ3n) is 8.84. The van der Waals surface area contributed by atoms with Crippen molar-refractivity contribution in [3.05, 3.63) is 96.1 Å². The highest BCUT2D eigenvalue weighted by molar-refractivity contribution is 6.04. The van der Waals surface area contributed by atoms with Gasteiger partial charge in [-0.05, 0) is 59.4 Å². The maximum absolute atomic E-state index is 14.3. The standard InChI is InChI=1S/C36H42N2O4/c1-34(41,22-28-16-10-14-26-12-4-6-18-30(26)28)24-38(33(40)36(32(37)39)20-8-3-9-21-36)25-35(2,42)23-29-17-11-15-27-13-5-7-19-31(27)29/h4-7,10-19,41-42H,3,8-9,20-25H2,1-2H3,(H2,37,39). The minimum Gasteiger partial charge on any atom is -0.388 e. The molecule has 2 atom stereocenters. The number of primary amides is 1. The maximum atomic E-state index is 14.3. The average Bonchev–Trinajstić information content (AvgIpc) is 2.96. The zero-order valence-electron chi connectivity index (χ0n) is 24.7. The highest BCUT2D eigenvalue weighted by Crippen LogP contribution is 2.39. The smallest absolute Gasteiger partial charge is 0.238 e. The lowest BCUT2D eigenvalue weighted by atomic mass is 9.72. The van der Waals surface area contributed by atoms with Crippen molar-refractivity contribution in [3.8, 4) is 0 Å². The fraction of sp³-hybridized carbons (Fsp3) is 0.389. The van der Waals surface area contributed by atoms with Gasteiger partial charge in [0.2, 0.25) is 11.8 Å². The van der Waals surface area contributed by atoms with Crippen LogP contribution in [0.1, 0.15) is 57.1 Å². The van der Waals surface area contributed by atoms with E-state index in [-0.39, 0.29) is 13.1 Å². The Kier molecular flexibility index (Phi) is 8.40. The molecule has 4 aromatic carbocycles. The molecule has 0 saturated heterocycles. The van der Waals surface area contributed by atoms with Gasteiger partial charge in [0.25, 0.3) is 0 Å². The second-order valence-corrected chi connectivity index (χ2v) is 12.8. The second-order valence-electron chi connectivity index (χ2n) is 12.8. The molecule has 2 amide bonds. The van der Waals surface area contributed by atoms with Gasteiger partial charge in [-0.25, -0.2) is 0 Å². The molecular weight excluding hydrogens is 524 g/mol. The molecule has 42 heavy (non-hydrogen) atoms. The number of aliphatic hydroxyl groups is 2. The first-order chi connectivity index (χ1) is 20.0. The molecule has 0 bridgehead atoms. The predicted molar refractivity (Wildman–Crippen MR) is 168 cm³/mol. The van der Waals surface area contributed by atoms with Crippen molar-refractivity contribution in [3.63, 3.8) is 0 Å². The predicted octanol–water partition coefficient (Wildman–Crippen LogP) is 5.54. The van der Waals surface area contributed by atoms with Crippen LogP contribution >= 0.6 is 0 Å². The first-order valence-corrected chi connectivity index (χ1v) is 15.0. The van der Waals surface area contributed by atoms with Gasteiger partial charge in [0, 0.05) is 25.9 Å². The van der Waals surface area contributed by atoms with Crippen LogP contribution in [-0.4, -0.2) is 51.2 Å². The fourth-order valence-corrected chi connectivity index (χ4v) is 6.87. The van der Waals surface area contributed by atoms with Gasteiger partial charge in [-0.1, -0.05) is 104 Å². The number of hydrogen-bond acceptors (Lipinski definition) is 4. The summed E-state index contributed by atoms with van der Waals surface area (Å²) in [5.74, 6) is -1.02. The Labute approximate surface area is 248 Å². The van der Waals surface area contributed by atoms with E-state index in [9.17, 15) is 19.8 Å². The Morgan fingerprint density at radius 2 is 1.14 bits per heavy atom. The van der Waals surface area contributed by atoms with Crippen LogP contribution in [-0.2, 0) is 22.4 Å². The van der Waals surface area contributed by atoms with Crippen LogP contribution < -0.4 is 5.73 Å². The summed E-state index contributed by atoms with van der Waals surface area (Å²) in [5.41, 5.74) is 3.87. The molecule has 0 heterocycles. The summed E-state index contributed by atoms with van der Waals surface area (Å²) in [6.07, 6.45) is 3.78. The Morgan fingerprint density at radius 3 is 1.60 bits per heavy atom. The summed E-state index contributed by atoms with van der Waals surface area (Å²) in [6, 6.07) is 28.0. The summed E-state index contributed by atoms with van der Waals surface area (Å²) in [4.78, 5) is 28.7. The normalized spacial score (nSPS) is 17.8. The Morgan fingerprint density at radius 1 is 0.714 bits per heavy atom. The van der Waals surface area contributed by atoms with Crippen molar-refractivity contribution in [1.82, 2.24) is 4.90 Å². The molecule has 4 aromatic rings. The third-order valence-corrected chi connectivity index (χ3v) is 8.84. The highest BCUT2D eigenvalue weighted by Gasteiger charge is 2.49. The molecule has 1 aliphatic carbocycles. The largest absolute Gasteiger partial charge is 0.388 e. The van der Waals surface area contributed by atoms with Crippen LogP contribution in [0.5, 0.6) is 0 Å². The van der Waals surface area contributed by atoms with Gasteiger partial charge in [0.05, 0.1) is 11.2 Å². The van der Waals surface area contributed by atoms with Gasteiger partial charge >= 0.3 is 0 Å². The molecule has 6 heteroatoms. The SMILES string of the molecule is CC(O)(Cc1cccc2ccccc12)CN(CC(C)(O)Cc1cccc2ccccc12)C(=O)C1(C(N)=O)CCCCC1. The topological polar surface area (TPSA) is 104 Å². The first kappa shape index (κ1) is 29.7. The first-order valence-electron chi connectivity index (χ1n) is 15.0. The highest BCUT2D eigenvalue weighted by atomic mass is 16.3. The number of amides is 2. The molecule has 2 unspecified atom stereocenters. The Hall–Kier alpha value is -3.74. The molecule has 0 radical (unpaired) electrons. The summed E-state index contributed by atoms with van der Waals surface area (Å²) in [7, 11) is 0. The van der Waals surface area contributed by atoms with Crippen molar-refractivity contribution >= 4 is 33.4 Å². The molecule has 0 spiro atoms. The molecule has 220 valence electrons. The number of fused-ring (bicyclic) bond motifs is 2. The van der Waals surface area contributed by atoms with Crippen LogP contribution in [0.3, 0.4) is 0 Å². The van der Waals surface area contributed by atoms with E-state index in [0.717, 1.165) is 51.9 Å². The van der Waals surface area contributed by atoms with Crippen LogP contribution in [0.25, 0.3) is 21.5 Å². The number of rotatable bonds is 10. The van der Waals surface area contributed by atoms with E-state index >= 15 is 0 Å². The van der Waals surface area contributed by atoms with Crippen molar-refractivity contribution < 1.29 is 19.8 Å². The molecule has 1 fully saturated rings. The molecule has 5 rings (SSSR count). The van der Waals surface area contributed by atoms with E-state index in [1.54, 1.807) is 13.8 Å². The van der Waals surface area contributed by atoms with Gasteiger partial charge in [0.15, 0.2) is 0 Å². The van der Waals surface area contributed by atoms with Gasteiger partial charge in [-0.3, -0.25) is 9.59 Å². The molecule has 4 N–H and O–H groups in total. The summed E-state index contributed by atoms with van der Waals surface area (Å²) >= 11 is 0. The number of carbonyl (C=O) groups excluding carboxylic acids is 2. The monoisotopic (exact) mass is 566 g/mol. The average molecular weight is 567 g/mol. The fourth-order valence-electron chi connectivity index (χ4n) is 6.87. The van der Waals surface area contributed by atoms with E-state index < -0.39 is 28.4 Å². The number of carbonyl (C=O) groups is 2. The maximum Gasteiger partial charge on any atom is 0.238 e. The summed E-state index contributed by atoms with van der Waals surface area (Å²) < 4.78 is 0. The number of nitrogens with zero attached hydrogens (tertiary/aromatic N) is 1. The van der Waals surface area contributed by atoms with Gasteiger partial charge in [-0.15, -0.1) is 0 Å². The van der Waals surface area contributed by atoms with E-state index in [1.807, 2.05) is 84.9 Å². The summed E-state index contributed by atoms with van der Waals surface area (Å²) in [5, 5.41) is 27.8. The lowest BCUT2D eigenvalue weighted by Crippen LogP contribution is -2.58. The zero-order chi connectivity index (χ0) is 30.0. The number of benzene rings is 4. The van der Waals surface area contributed by atoms with Crippen LogP contribution in [0, 0.1) is 5.41 Å². The molecule has 1 saturated carbocycles. The molecule has 0 aliphatic heterocycles. The lowest BCUT2D eigenvalue weighted by Gasteiger charge is -2.42. The second kappa shape index (κ2) is 11.9. The van der Waals surface area contributed by atoms with Crippen molar-refractivity contribution in [2.75, 3.05) is 13.1 Å². The van der Waals surface area contributed by atoms with Crippen molar-refractivity contribution in [1.29, 1.82) is 0 Å². The van der Waals surface area contributed by atoms with Gasteiger partial charge < -0.3 is 20.8 Å². The minimum atomic E-state index is -1.33. The molecule has 1 aliphatic rings. The number of nitrogens with two attached hydrogens (primary N) is 1. The molecule has 6 nitrogen and oxygen atoms in total. The van der Waals surface area contributed by atoms with Crippen LogP contribution in [0.4, 0.5) is 0 Å². The van der Waals surface area contributed by atoms with E-state index in [2.05, 4.69) is 0 Å². The van der Waals surface area contributed by atoms with Crippen molar-refractivity contribution in [2.24, 2.45) is 11.1 Å². The Balaban J connectivity index is 1.46. The van der Waals surface area contributed by atoms with Crippen LogP contribution in [0.2, 0.25) is 0 Å². The summed E-state index contributed by atoms with van der Waals surface area (Å²) in [6.45, 7) is 3.34. The molecule has 0 aromatic heterocycles.